The number of hydrogen-bond donors (Lipinski definition) is 2. The molecule has 0 bridgehead atoms. The first kappa shape index (κ1) is 15.6. The molecule has 0 saturated carbocycles. The largest absolute Gasteiger partial charge is 0.271 e. The second-order valence-electron chi connectivity index (χ2n) is 5.11. The molecule has 1 aromatic heterocycles. The van der Waals surface area contributed by atoms with E-state index in [1.54, 1.807) is 6.92 Å². The molecule has 0 saturated heterocycles. The normalized spacial score (nSPS) is 12.7. The van der Waals surface area contributed by atoms with Crippen LogP contribution in [0.5, 0.6) is 0 Å². The zero-order chi connectivity index (χ0) is 15.6. The van der Waals surface area contributed by atoms with E-state index in [1.807, 2.05) is 24.6 Å². The van der Waals surface area contributed by atoms with Crippen molar-refractivity contribution in [1.29, 1.82) is 0 Å². The summed E-state index contributed by atoms with van der Waals surface area (Å²) in [6.45, 7) is 6.15. The number of nitrogens with two attached hydrogens (primary N) is 1. The highest BCUT2D eigenvalue weighted by atomic mass is 19.1. The van der Waals surface area contributed by atoms with Gasteiger partial charge in [-0.05, 0) is 38.5 Å². The molecule has 0 fully saturated rings. The Morgan fingerprint density at radius 3 is 2.67 bits per heavy atom. The van der Waals surface area contributed by atoms with E-state index in [0.717, 1.165) is 11.4 Å². The first-order chi connectivity index (χ1) is 9.97. The third kappa shape index (κ3) is 3.11. The number of nitrogens with one attached hydrogen (secondary N) is 1. The van der Waals surface area contributed by atoms with Crippen LogP contribution in [0.2, 0.25) is 0 Å². The number of aryl methyl sites for hydroxylation is 3. The minimum Gasteiger partial charge on any atom is -0.271 e. The second kappa shape index (κ2) is 6.32. The van der Waals surface area contributed by atoms with Crippen molar-refractivity contribution >= 4 is 0 Å². The number of hydrazine groups is 1. The number of halogens is 2. The average Bonchev–Trinajstić information content (AvgIpc) is 2.82. The van der Waals surface area contributed by atoms with Crippen molar-refractivity contribution in [2.24, 2.45) is 5.84 Å². The molecule has 0 amide bonds. The Labute approximate surface area is 122 Å². The van der Waals surface area contributed by atoms with E-state index in [4.69, 9.17) is 5.84 Å². The highest BCUT2D eigenvalue weighted by Crippen LogP contribution is 2.26. The van der Waals surface area contributed by atoms with Gasteiger partial charge in [0.25, 0.3) is 0 Å². The maximum atomic E-state index is 14.2. The van der Waals surface area contributed by atoms with Gasteiger partial charge in [-0.25, -0.2) is 8.78 Å². The summed E-state index contributed by atoms with van der Waals surface area (Å²) >= 11 is 0. The quantitative estimate of drug-likeness (QED) is 0.658. The van der Waals surface area contributed by atoms with E-state index in [2.05, 4.69) is 10.5 Å². The molecule has 2 aromatic rings. The first-order valence-electron chi connectivity index (χ1n) is 6.91. The van der Waals surface area contributed by atoms with Crippen LogP contribution in [0.4, 0.5) is 8.78 Å². The van der Waals surface area contributed by atoms with E-state index >= 15 is 0 Å². The Kier molecular flexibility index (Phi) is 4.69. The predicted octanol–water partition coefficient (Wildman–Crippen LogP) is 2.55. The fraction of sp³-hybridized carbons (Fsp3) is 0.400. The molecule has 4 nitrogen and oxygen atoms in total. The molecule has 21 heavy (non-hydrogen) atoms. The van der Waals surface area contributed by atoms with Gasteiger partial charge in [0.05, 0.1) is 11.7 Å². The molecule has 0 radical (unpaired) electrons. The zero-order valence-corrected chi connectivity index (χ0v) is 12.5. The second-order valence-corrected chi connectivity index (χ2v) is 5.11. The summed E-state index contributed by atoms with van der Waals surface area (Å²) in [4.78, 5) is 0. The highest BCUT2D eigenvalue weighted by molar-refractivity contribution is 5.30. The zero-order valence-electron chi connectivity index (χ0n) is 12.5. The van der Waals surface area contributed by atoms with Gasteiger partial charge in [-0.15, -0.1) is 0 Å². The summed E-state index contributed by atoms with van der Waals surface area (Å²) < 4.78 is 30.0. The number of nitrogens with zero attached hydrogens (tertiary/aromatic N) is 2. The summed E-state index contributed by atoms with van der Waals surface area (Å²) in [7, 11) is 0. The van der Waals surface area contributed by atoms with Crippen molar-refractivity contribution in [1.82, 2.24) is 15.2 Å². The number of rotatable bonds is 5. The SMILES string of the molecule is CCn1nc(C)cc1CC(NN)c1c(F)ccc(C)c1F. The molecule has 0 aliphatic heterocycles. The Bertz CT molecular complexity index is 637. The molecular formula is C15H20F2N4. The van der Waals surface area contributed by atoms with Gasteiger partial charge in [0.1, 0.15) is 11.6 Å². The summed E-state index contributed by atoms with van der Waals surface area (Å²) in [5.41, 5.74) is 4.64. The molecule has 0 aliphatic carbocycles. The third-order valence-corrected chi connectivity index (χ3v) is 3.57. The van der Waals surface area contributed by atoms with Crippen molar-refractivity contribution in [3.05, 3.63) is 52.3 Å². The van der Waals surface area contributed by atoms with Crippen LogP contribution in [-0.2, 0) is 13.0 Å². The standard InChI is InChI=1S/C15H20F2N4/c1-4-21-11(7-10(3)20-21)8-13(19-18)14-12(16)6-5-9(2)15(14)17/h5-7,13,19H,4,8,18H2,1-3H3. The number of aromatic nitrogens is 2. The Morgan fingerprint density at radius 1 is 1.33 bits per heavy atom. The van der Waals surface area contributed by atoms with Gasteiger partial charge in [-0.3, -0.25) is 16.0 Å². The van der Waals surface area contributed by atoms with Crippen LogP contribution in [0.25, 0.3) is 0 Å². The number of benzene rings is 1. The topological polar surface area (TPSA) is 55.9 Å². The van der Waals surface area contributed by atoms with Gasteiger partial charge < -0.3 is 0 Å². The third-order valence-electron chi connectivity index (χ3n) is 3.57. The number of hydrogen-bond acceptors (Lipinski definition) is 3. The summed E-state index contributed by atoms with van der Waals surface area (Å²) in [6.07, 6.45) is 0.364. The Morgan fingerprint density at radius 2 is 2.05 bits per heavy atom. The van der Waals surface area contributed by atoms with Crippen molar-refractivity contribution in [3.63, 3.8) is 0 Å². The van der Waals surface area contributed by atoms with Gasteiger partial charge in [-0.1, -0.05) is 6.07 Å². The van der Waals surface area contributed by atoms with Gasteiger partial charge in [0.15, 0.2) is 0 Å². The van der Waals surface area contributed by atoms with Crippen LogP contribution in [0.3, 0.4) is 0 Å². The van der Waals surface area contributed by atoms with Crippen molar-refractivity contribution in [2.75, 3.05) is 0 Å². The van der Waals surface area contributed by atoms with Crippen molar-refractivity contribution in [2.45, 2.75) is 39.8 Å². The molecule has 3 N–H and O–H groups in total. The predicted molar refractivity (Wildman–Crippen MR) is 77.5 cm³/mol. The lowest BCUT2D eigenvalue weighted by atomic mass is 9.99. The molecule has 0 aliphatic rings. The fourth-order valence-corrected chi connectivity index (χ4v) is 2.49. The van der Waals surface area contributed by atoms with Gasteiger partial charge in [-0.2, -0.15) is 5.10 Å². The van der Waals surface area contributed by atoms with Gasteiger partial charge >= 0.3 is 0 Å². The molecule has 0 spiro atoms. The molecular weight excluding hydrogens is 274 g/mol. The molecule has 1 unspecified atom stereocenters. The Balaban J connectivity index is 2.39. The molecule has 114 valence electrons. The van der Waals surface area contributed by atoms with Crippen LogP contribution in [0.15, 0.2) is 18.2 Å². The molecule has 1 atom stereocenters. The van der Waals surface area contributed by atoms with E-state index in [9.17, 15) is 8.78 Å². The highest BCUT2D eigenvalue weighted by Gasteiger charge is 2.22. The lowest BCUT2D eigenvalue weighted by Crippen LogP contribution is -2.32. The van der Waals surface area contributed by atoms with E-state index < -0.39 is 17.7 Å². The molecule has 1 heterocycles. The minimum absolute atomic E-state index is 0.0287. The summed E-state index contributed by atoms with van der Waals surface area (Å²) in [5, 5.41) is 4.33. The van der Waals surface area contributed by atoms with Crippen molar-refractivity contribution < 1.29 is 8.78 Å². The van der Waals surface area contributed by atoms with Crippen LogP contribution >= 0.6 is 0 Å². The molecule has 6 heteroatoms. The average molecular weight is 294 g/mol. The summed E-state index contributed by atoms with van der Waals surface area (Å²) in [6, 6.07) is 3.94. The summed E-state index contributed by atoms with van der Waals surface area (Å²) in [5.74, 6) is 4.37. The maximum absolute atomic E-state index is 14.2. The van der Waals surface area contributed by atoms with E-state index in [0.29, 0.717) is 18.5 Å². The van der Waals surface area contributed by atoms with Gasteiger partial charge in [0.2, 0.25) is 0 Å². The van der Waals surface area contributed by atoms with Crippen LogP contribution in [-0.4, -0.2) is 9.78 Å². The maximum Gasteiger partial charge on any atom is 0.133 e. The van der Waals surface area contributed by atoms with Crippen molar-refractivity contribution in [3.8, 4) is 0 Å². The van der Waals surface area contributed by atoms with Crippen LogP contribution < -0.4 is 11.3 Å². The lowest BCUT2D eigenvalue weighted by molar-refractivity contribution is 0.458. The van der Waals surface area contributed by atoms with E-state index in [-0.39, 0.29) is 5.56 Å². The monoisotopic (exact) mass is 294 g/mol. The van der Waals surface area contributed by atoms with Crippen LogP contribution in [0, 0.1) is 25.5 Å². The molecule has 2 rings (SSSR count). The first-order valence-corrected chi connectivity index (χ1v) is 6.91. The fourth-order valence-electron chi connectivity index (χ4n) is 2.49. The smallest absolute Gasteiger partial charge is 0.133 e. The Hall–Kier alpha value is -1.79. The lowest BCUT2D eigenvalue weighted by Gasteiger charge is -2.19. The van der Waals surface area contributed by atoms with E-state index in [1.165, 1.54) is 12.1 Å². The molecule has 1 aromatic carbocycles. The van der Waals surface area contributed by atoms with Gasteiger partial charge in [0, 0.05) is 24.2 Å². The van der Waals surface area contributed by atoms with Crippen LogP contribution in [0.1, 0.15) is 35.5 Å². The minimum atomic E-state index is -0.647.